The van der Waals surface area contributed by atoms with Gasteiger partial charge in [-0.1, -0.05) is 64.2 Å². The number of ether oxygens (including phenoxy) is 2. The average Bonchev–Trinajstić information content (AvgIpc) is 3.65. The number of aliphatic hydroxyl groups is 4. The van der Waals surface area contributed by atoms with Gasteiger partial charge in [0.05, 0.1) is 31.0 Å². The van der Waals surface area contributed by atoms with Crippen LogP contribution in [0.2, 0.25) is 0 Å². The highest BCUT2D eigenvalue weighted by Crippen LogP contribution is 2.63. The van der Waals surface area contributed by atoms with Crippen molar-refractivity contribution in [1.29, 1.82) is 0 Å². The molecule has 4 aliphatic carbocycles. The summed E-state index contributed by atoms with van der Waals surface area (Å²) in [7, 11) is 0. The molecule has 264 valence electrons. The largest absolute Gasteiger partial charge is 0.458 e. The summed E-state index contributed by atoms with van der Waals surface area (Å²) < 4.78 is 11.4. The van der Waals surface area contributed by atoms with Gasteiger partial charge in [0.15, 0.2) is 0 Å². The molecule has 0 amide bonds. The van der Waals surface area contributed by atoms with E-state index in [0.717, 1.165) is 49.7 Å². The minimum atomic E-state index is -0.662. The predicted octanol–water partition coefficient (Wildman–Crippen LogP) is 5.37. The molecule has 4 N–H and O–H groups in total. The standard InChI is InChI=1S/C40H56O8/c1-23-7-11-31-37(3,16-13-33(43)39(31,5)21-41)28(23)10-9-25-19-30(48-35(25)45)27(26-15-18-47-36(26)46)20-29-24(2)8-12-32-38(29,4)17-14-34(44)40(32,6)22-42/h9-10,15,19,27-34,41-44H,1-2,7-8,11-14,16-18,20-22H2,3-6H3/t27?,28-,29-,30?,31+,32+,33-,34-,37+,38+,39+,40+/m1/s1. The van der Waals surface area contributed by atoms with Gasteiger partial charge < -0.3 is 29.9 Å². The van der Waals surface area contributed by atoms with E-state index in [1.54, 1.807) is 6.08 Å². The van der Waals surface area contributed by atoms with Crippen molar-refractivity contribution in [2.24, 2.45) is 51.2 Å². The lowest BCUT2D eigenvalue weighted by molar-refractivity contribution is -0.156. The Labute approximate surface area is 285 Å². The van der Waals surface area contributed by atoms with Gasteiger partial charge in [0, 0.05) is 28.2 Å². The maximum atomic E-state index is 13.5. The number of hydrogen-bond acceptors (Lipinski definition) is 8. The number of fused-ring (bicyclic) bond motifs is 2. The van der Waals surface area contributed by atoms with Gasteiger partial charge in [0.2, 0.25) is 0 Å². The van der Waals surface area contributed by atoms with Gasteiger partial charge in [-0.05, 0) is 98.5 Å². The summed E-state index contributed by atoms with van der Waals surface area (Å²) in [5.41, 5.74) is 1.44. The molecule has 0 spiro atoms. The maximum absolute atomic E-state index is 13.5. The number of allylic oxidation sites excluding steroid dienone is 3. The number of cyclic esters (lactones) is 2. The van der Waals surface area contributed by atoms with E-state index in [1.165, 1.54) is 0 Å². The predicted molar refractivity (Wildman–Crippen MR) is 182 cm³/mol. The lowest BCUT2D eigenvalue weighted by atomic mass is 9.45. The Morgan fingerprint density at radius 3 is 2.04 bits per heavy atom. The van der Waals surface area contributed by atoms with Crippen molar-refractivity contribution in [3.8, 4) is 0 Å². The number of esters is 2. The fourth-order valence-corrected chi connectivity index (χ4v) is 11.5. The lowest BCUT2D eigenvalue weighted by Gasteiger charge is -2.60. The van der Waals surface area contributed by atoms with Crippen LogP contribution in [0.5, 0.6) is 0 Å². The molecule has 0 radical (unpaired) electrons. The molecule has 6 aliphatic rings. The Bertz CT molecular complexity index is 1440. The second-order valence-electron chi connectivity index (χ2n) is 16.9. The van der Waals surface area contributed by atoms with Crippen LogP contribution in [0.15, 0.2) is 59.8 Å². The summed E-state index contributed by atoms with van der Waals surface area (Å²) in [5.74, 6) is -1.13. The van der Waals surface area contributed by atoms with E-state index in [1.807, 2.05) is 26.0 Å². The molecule has 0 saturated heterocycles. The molecule has 2 aliphatic heterocycles. The van der Waals surface area contributed by atoms with Crippen molar-refractivity contribution in [2.75, 3.05) is 19.8 Å². The molecule has 2 unspecified atom stereocenters. The summed E-state index contributed by atoms with van der Waals surface area (Å²) in [6.45, 7) is 17.4. The number of hydrogen-bond donors (Lipinski definition) is 4. The van der Waals surface area contributed by atoms with Crippen LogP contribution in [0.4, 0.5) is 0 Å². The van der Waals surface area contributed by atoms with Crippen molar-refractivity contribution in [2.45, 2.75) is 104 Å². The molecule has 4 fully saturated rings. The van der Waals surface area contributed by atoms with Crippen LogP contribution in [0, 0.1) is 51.2 Å². The average molecular weight is 665 g/mol. The van der Waals surface area contributed by atoms with Crippen molar-refractivity contribution in [1.82, 2.24) is 0 Å². The van der Waals surface area contributed by atoms with E-state index in [9.17, 15) is 30.0 Å². The highest BCUT2D eigenvalue weighted by atomic mass is 16.6. The molecule has 48 heavy (non-hydrogen) atoms. The summed E-state index contributed by atoms with van der Waals surface area (Å²) in [5, 5.41) is 42.7. The van der Waals surface area contributed by atoms with Crippen LogP contribution in [0.3, 0.4) is 0 Å². The third-order valence-corrected chi connectivity index (χ3v) is 14.6. The maximum Gasteiger partial charge on any atom is 0.338 e. The van der Waals surface area contributed by atoms with Crippen molar-refractivity contribution < 1.29 is 39.5 Å². The first kappa shape index (κ1) is 35.3. The Balaban J connectivity index is 1.30. The summed E-state index contributed by atoms with van der Waals surface area (Å²) in [6, 6.07) is 0. The molecular formula is C40H56O8. The fourth-order valence-electron chi connectivity index (χ4n) is 11.5. The smallest absolute Gasteiger partial charge is 0.338 e. The summed E-state index contributed by atoms with van der Waals surface area (Å²) >= 11 is 0. The highest BCUT2D eigenvalue weighted by molar-refractivity contribution is 5.95. The molecule has 0 aromatic heterocycles. The summed E-state index contributed by atoms with van der Waals surface area (Å²) in [6.07, 6.45) is 12.3. The Morgan fingerprint density at radius 2 is 1.46 bits per heavy atom. The molecule has 12 atom stereocenters. The van der Waals surface area contributed by atoms with Gasteiger partial charge in [0.1, 0.15) is 12.7 Å². The van der Waals surface area contributed by atoms with Crippen LogP contribution < -0.4 is 0 Å². The van der Waals surface area contributed by atoms with Crippen molar-refractivity contribution >= 4 is 11.9 Å². The van der Waals surface area contributed by atoms with Gasteiger partial charge in [-0.2, -0.15) is 0 Å². The second kappa shape index (κ2) is 12.7. The molecule has 2 heterocycles. The number of rotatable bonds is 8. The third kappa shape index (κ3) is 5.41. The zero-order chi connectivity index (χ0) is 34.8. The topological polar surface area (TPSA) is 134 Å². The third-order valence-electron chi connectivity index (χ3n) is 14.6. The van der Waals surface area contributed by atoms with Crippen molar-refractivity contribution in [3.63, 3.8) is 0 Å². The Hall–Kier alpha value is -2.52. The zero-order valence-electron chi connectivity index (χ0n) is 29.2. The molecule has 4 saturated carbocycles. The van der Waals surface area contributed by atoms with E-state index in [2.05, 4.69) is 33.1 Å². The number of carbonyl (C=O) groups is 2. The van der Waals surface area contributed by atoms with E-state index in [0.29, 0.717) is 30.4 Å². The molecular weight excluding hydrogens is 608 g/mol. The van der Waals surface area contributed by atoms with E-state index < -0.39 is 41.0 Å². The molecule has 0 aromatic carbocycles. The van der Waals surface area contributed by atoms with E-state index in [-0.39, 0.29) is 60.3 Å². The molecule has 0 aromatic rings. The monoisotopic (exact) mass is 664 g/mol. The van der Waals surface area contributed by atoms with E-state index >= 15 is 0 Å². The first-order valence-corrected chi connectivity index (χ1v) is 18.1. The zero-order valence-corrected chi connectivity index (χ0v) is 29.2. The van der Waals surface area contributed by atoms with Gasteiger partial charge in [-0.3, -0.25) is 0 Å². The Morgan fingerprint density at radius 1 is 0.875 bits per heavy atom. The van der Waals surface area contributed by atoms with E-state index in [4.69, 9.17) is 9.47 Å². The van der Waals surface area contributed by atoms with Gasteiger partial charge >= 0.3 is 11.9 Å². The highest BCUT2D eigenvalue weighted by Gasteiger charge is 2.59. The van der Waals surface area contributed by atoms with Gasteiger partial charge in [-0.25, -0.2) is 9.59 Å². The van der Waals surface area contributed by atoms with Crippen LogP contribution in [0.1, 0.15) is 85.5 Å². The second-order valence-corrected chi connectivity index (χ2v) is 16.9. The minimum Gasteiger partial charge on any atom is -0.458 e. The molecule has 8 nitrogen and oxygen atoms in total. The minimum absolute atomic E-state index is 0.00875. The number of aliphatic hydroxyl groups excluding tert-OH is 4. The van der Waals surface area contributed by atoms with Crippen LogP contribution in [0.25, 0.3) is 0 Å². The number of carbonyl (C=O) groups excluding carboxylic acids is 2. The fraction of sp³-hybridized carbons (Fsp3) is 0.700. The SMILES string of the molecule is C=C1CC[C@@H]2[C@](C)(CO)[C@H](O)CC[C@@]2(C)[C@@H]1C=CC1=CC(C(C[C@@H]2C(=C)CC[C@@H]3[C@](C)(CO)[C@H](O)CC[C@]32C)C2=CCOC2=O)OC1=O. The van der Waals surface area contributed by atoms with Crippen molar-refractivity contribution in [3.05, 3.63) is 59.8 Å². The molecule has 8 heteroatoms. The first-order chi connectivity index (χ1) is 22.6. The molecule has 0 bridgehead atoms. The van der Waals surface area contributed by atoms with Gasteiger partial charge in [-0.15, -0.1) is 0 Å². The molecule has 6 rings (SSSR count). The first-order valence-electron chi connectivity index (χ1n) is 18.1. The van der Waals surface area contributed by atoms with Crippen LogP contribution in [-0.4, -0.2) is 70.5 Å². The normalized spacial score (nSPS) is 45.3. The quantitative estimate of drug-likeness (QED) is 0.201. The lowest BCUT2D eigenvalue weighted by Crippen LogP contribution is -2.57. The van der Waals surface area contributed by atoms with Crippen LogP contribution >= 0.6 is 0 Å². The summed E-state index contributed by atoms with van der Waals surface area (Å²) in [4.78, 5) is 26.5. The van der Waals surface area contributed by atoms with Gasteiger partial charge in [0.25, 0.3) is 0 Å². The van der Waals surface area contributed by atoms with Crippen LogP contribution in [-0.2, 0) is 19.1 Å². The Kier molecular flexibility index (Phi) is 9.32.